The molecule has 150 valence electrons. The molecule has 2 aliphatic rings. The molecule has 0 saturated carbocycles. The molecule has 0 amide bonds. The van der Waals surface area contributed by atoms with Gasteiger partial charge in [-0.2, -0.15) is 0 Å². The van der Waals surface area contributed by atoms with Gasteiger partial charge in [-0.3, -0.25) is 9.89 Å². The number of nitrogens with one attached hydrogen (secondary N) is 2. The number of benzene rings is 1. The van der Waals surface area contributed by atoms with Gasteiger partial charge in [0.15, 0.2) is 5.96 Å². The maximum absolute atomic E-state index is 10.6. The maximum atomic E-state index is 10.6. The van der Waals surface area contributed by atoms with E-state index >= 15 is 0 Å². The van der Waals surface area contributed by atoms with E-state index in [1.165, 1.54) is 5.56 Å². The van der Waals surface area contributed by atoms with Crippen molar-refractivity contribution in [2.75, 3.05) is 39.4 Å². The van der Waals surface area contributed by atoms with Crippen molar-refractivity contribution in [1.29, 1.82) is 0 Å². The number of ether oxygens (including phenoxy) is 1. The molecule has 2 saturated heterocycles. The summed E-state index contributed by atoms with van der Waals surface area (Å²) in [6.07, 6.45) is 3.53. The molecule has 1 aromatic rings. The number of hydrogen-bond acceptors (Lipinski definition) is 4. The molecule has 2 heterocycles. The fourth-order valence-electron chi connectivity index (χ4n) is 3.73. The SMILES string of the molecule is CCNC(=NCC1(O)CCOCC1)NC1CCN(Cc2ccccc2)CC1. The molecule has 6 nitrogen and oxygen atoms in total. The van der Waals surface area contributed by atoms with Crippen LogP contribution in [0.4, 0.5) is 0 Å². The van der Waals surface area contributed by atoms with E-state index in [2.05, 4.69) is 57.8 Å². The van der Waals surface area contributed by atoms with Gasteiger partial charge in [0.2, 0.25) is 0 Å². The van der Waals surface area contributed by atoms with Crippen LogP contribution < -0.4 is 10.6 Å². The van der Waals surface area contributed by atoms with Gasteiger partial charge in [0.1, 0.15) is 0 Å². The zero-order valence-corrected chi connectivity index (χ0v) is 16.5. The predicted molar refractivity (Wildman–Crippen MR) is 109 cm³/mol. The van der Waals surface area contributed by atoms with Crippen LogP contribution in [0.15, 0.2) is 35.3 Å². The Kier molecular flexibility index (Phi) is 7.50. The third-order valence-corrected chi connectivity index (χ3v) is 5.48. The molecular weight excluding hydrogens is 340 g/mol. The van der Waals surface area contributed by atoms with Crippen LogP contribution in [-0.2, 0) is 11.3 Å². The van der Waals surface area contributed by atoms with Gasteiger partial charge in [-0.15, -0.1) is 0 Å². The number of piperidine rings is 1. The van der Waals surface area contributed by atoms with Crippen molar-refractivity contribution in [1.82, 2.24) is 15.5 Å². The molecule has 0 aromatic heterocycles. The Morgan fingerprint density at radius 2 is 1.93 bits per heavy atom. The van der Waals surface area contributed by atoms with Gasteiger partial charge < -0.3 is 20.5 Å². The van der Waals surface area contributed by atoms with Crippen molar-refractivity contribution in [2.24, 2.45) is 4.99 Å². The minimum Gasteiger partial charge on any atom is -0.388 e. The number of aliphatic hydroxyl groups is 1. The topological polar surface area (TPSA) is 69.1 Å². The summed E-state index contributed by atoms with van der Waals surface area (Å²) in [5, 5.41) is 17.5. The highest BCUT2D eigenvalue weighted by molar-refractivity contribution is 5.80. The lowest BCUT2D eigenvalue weighted by molar-refractivity contribution is -0.0566. The summed E-state index contributed by atoms with van der Waals surface area (Å²) in [7, 11) is 0. The molecule has 0 atom stereocenters. The minimum absolute atomic E-state index is 0.429. The van der Waals surface area contributed by atoms with Crippen molar-refractivity contribution in [3.63, 3.8) is 0 Å². The second-order valence-electron chi connectivity index (χ2n) is 7.71. The Hall–Kier alpha value is -1.63. The van der Waals surface area contributed by atoms with Crippen molar-refractivity contribution in [3.05, 3.63) is 35.9 Å². The zero-order chi connectivity index (χ0) is 19.0. The van der Waals surface area contributed by atoms with Gasteiger partial charge >= 0.3 is 0 Å². The molecule has 1 aromatic carbocycles. The summed E-state index contributed by atoms with van der Waals surface area (Å²) in [4.78, 5) is 7.18. The van der Waals surface area contributed by atoms with Crippen molar-refractivity contribution in [2.45, 2.75) is 50.8 Å². The van der Waals surface area contributed by atoms with E-state index in [0.29, 0.717) is 38.6 Å². The predicted octanol–water partition coefficient (Wildman–Crippen LogP) is 1.75. The smallest absolute Gasteiger partial charge is 0.191 e. The van der Waals surface area contributed by atoms with E-state index < -0.39 is 5.60 Å². The van der Waals surface area contributed by atoms with E-state index in [1.807, 2.05) is 0 Å². The first-order valence-corrected chi connectivity index (χ1v) is 10.3. The van der Waals surface area contributed by atoms with Gasteiger partial charge in [-0.05, 0) is 25.3 Å². The molecule has 27 heavy (non-hydrogen) atoms. The third-order valence-electron chi connectivity index (χ3n) is 5.48. The van der Waals surface area contributed by atoms with Gasteiger partial charge in [0, 0.05) is 58.3 Å². The van der Waals surface area contributed by atoms with Crippen molar-refractivity contribution in [3.8, 4) is 0 Å². The van der Waals surface area contributed by atoms with E-state index in [4.69, 9.17) is 4.74 Å². The maximum Gasteiger partial charge on any atom is 0.191 e. The number of likely N-dealkylation sites (tertiary alicyclic amines) is 1. The zero-order valence-electron chi connectivity index (χ0n) is 16.5. The Balaban J connectivity index is 1.46. The van der Waals surface area contributed by atoms with Crippen LogP contribution in [0.2, 0.25) is 0 Å². The van der Waals surface area contributed by atoms with E-state index in [9.17, 15) is 5.11 Å². The molecule has 0 unspecified atom stereocenters. The molecule has 0 aliphatic carbocycles. The Morgan fingerprint density at radius 3 is 2.59 bits per heavy atom. The first-order valence-electron chi connectivity index (χ1n) is 10.3. The number of aliphatic imine (C=N–C) groups is 1. The quantitative estimate of drug-likeness (QED) is 0.523. The fraction of sp³-hybridized carbons (Fsp3) is 0.667. The molecule has 0 bridgehead atoms. The molecule has 3 rings (SSSR count). The molecule has 3 N–H and O–H groups in total. The Labute approximate surface area is 163 Å². The Morgan fingerprint density at radius 1 is 1.22 bits per heavy atom. The van der Waals surface area contributed by atoms with Crippen LogP contribution in [0.25, 0.3) is 0 Å². The Bertz CT molecular complexity index is 579. The van der Waals surface area contributed by atoms with Gasteiger partial charge in [0.05, 0.1) is 12.1 Å². The minimum atomic E-state index is -0.723. The third kappa shape index (κ3) is 6.48. The molecule has 2 fully saturated rings. The van der Waals surface area contributed by atoms with Gasteiger partial charge in [-0.25, -0.2) is 0 Å². The average molecular weight is 375 g/mol. The number of guanidine groups is 1. The summed E-state index contributed by atoms with van der Waals surface area (Å²) in [5.41, 5.74) is 0.656. The standard InChI is InChI=1S/C21H34N4O2/c1-2-22-20(23-17-21(26)10-14-27-15-11-21)24-19-8-12-25(13-9-19)16-18-6-4-3-5-7-18/h3-7,19,26H,2,8-17H2,1H3,(H2,22,23,24). The van der Waals surface area contributed by atoms with Crippen LogP contribution in [0.1, 0.15) is 38.2 Å². The monoisotopic (exact) mass is 374 g/mol. The molecule has 0 radical (unpaired) electrons. The highest BCUT2D eigenvalue weighted by Gasteiger charge is 2.29. The summed E-state index contributed by atoms with van der Waals surface area (Å²) in [6, 6.07) is 11.1. The lowest BCUT2D eigenvalue weighted by Crippen LogP contribution is -2.49. The molecular formula is C21H34N4O2. The largest absolute Gasteiger partial charge is 0.388 e. The first kappa shape index (κ1) is 20.1. The summed E-state index contributed by atoms with van der Waals surface area (Å²) in [5.74, 6) is 0.818. The molecule has 6 heteroatoms. The highest BCUT2D eigenvalue weighted by atomic mass is 16.5. The molecule has 0 spiro atoms. The van der Waals surface area contributed by atoms with Gasteiger partial charge in [0.25, 0.3) is 0 Å². The fourth-order valence-corrected chi connectivity index (χ4v) is 3.73. The van der Waals surface area contributed by atoms with Crippen LogP contribution >= 0.6 is 0 Å². The van der Waals surface area contributed by atoms with Crippen LogP contribution in [-0.4, -0.2) is 67.0 Å². The van der Waals surface area contributed by atoms with Crippen LogP contribution in [0.3, 0.4) is 0 Å². The summed E-state index contributed by atoms with van der Waals surface area (Å²) < 4.78 is 5.35. The molecule has 2 aliphatic heterocycles. The second-order valence-corrected chi connectivity index (χ2v) is 7.71. The van der Waals surface area contributed by atoms with Crippen molar-refractivity contribution >= 4 is 5.96 Å². The van der Waals surface area contributed by atoms with Crippen molar-refractivity contribution < 1.29 is 9.84 Å². The lowest BCUT2D eigenvalue weighted by atomic mass is 9.95. The summed E-state index contributed by atoms with van der Waals surface area (Å²) in [6.45, 7) is 7.77. The van der Waals surface area contributed by atoms with E-state index in [-0.39, 0.29) is 0 Å². The van der Waals surface area contributed by atoms with Crippen LogP contribution in [0.5, 0.6) is 0 Å². The average Bonchev–Trinajstić information content (AvgIpc) is 2.69. The van der Waals surface area contributed by atoms with Crippen LogP contribution in [0, 0.1) is 0 Å². The number of rotatable bonds is 6. The van der Waals surface area contributed by atoms with E-state index in [0.717, 1.165) is 45.0 Å². The first-order chi connectivity index (χ1) is 13.2. The normalized spacial score (nSPS) is 21.8. The van der Waals surface area contributed by atoms with E-state index in [1.54, 1.807) is 0 Å². The lowest BCUT2D eigenvalue weighted by Gasteiger charge is -2.34. The summed E-state index contributed by atoms with van der Waals surface area (Å²) >= 11 is 0. The van der Waals surface area contributed by atoms with Gasteiger partial charge in [-0.1, -0.05) is 30.3 Å². The highest BCUT2D eigenvalue weighted by Crippen LogP contribution is 2.20. The second kappa shape index (κ2) is 10.1. The number of hydrogen-bond donors (Lipinski definition) is 3. The number of nitrogens with zero attached hydrogens (tertiary/aromatic N) is 2.